The van der Waals surface area contributed by atoms with Crippen molar-refractivity contribution in [3.63, 3.8) is 0 Å². The van der Waals surface area contributed by atoms with Gasteiger partial charge in [-0.05, 0) is 13.8 Å². The molecule has 0 aliphatic rings. The van der Waals surface area contributed by atoms with Crippen molar-refractivity contribution in [2.24, 2.45) is 5.92 Å². The molecule has 0 saturated carbocycles. The summed E-state index contributed by atoms with van der Waals surface area (Å²) in [5.41, 5.74) is 0. The fourth-order valence-electron chi connectivity index (χ4n) is 0.459. The lowest BCUT2D eigenvalue weighted by Crippen LogP contribution is -2.15. The summed E-state index contributed by atoms with van der Waals surface area (Å²) >= 11 is 6.83. The van der Waals surface area contributed by atoms with Crippen LogP contribution in [0.3, 0.4) is 0 Å². The molecule has 0 aliphatic carbocycles. The summed E-state index contributed by atoms with van der Waals surface area (Å²) in [6.45, 7) is 4.95. The van der Waals surface area contributed by atoms with Crippen molar-refractivity contribution in [3.05, 3.63) is 0 Å². The van der Waals surface area contributed by atoms with Gasteiger partial charge in [-0.25, -0.2) is 0 Å². The molecular weight excluding hydrogens is 260 g/mol. The zero-order valence-electron chi connectivity index (χ0n) is 6.44. The Morgan fingerprint density at radius 1 is 1.20 bits per heavy atom. The molecule has 0 rings (SSSR count). The van der Waals surface area contributed by atoms with E-state index >= 15 is 0 Å². The fourth-order valence-corrected chi connectivity index (χ4v) is 1.90. The van der Waals surface area contributed by atoms with Crippen LogP contribution >= 0.6 is 31.9 Å². The van der Waals surface area contributed by atoms with Crippen molar-refractivity contribution in [3.8, 4) is 0 Å². The Kier molecular flexibility index (Phi) is 7.23. The first-order chi connectivity index (χ1) is 4.70. The molecule has 0 atom stereocenters. The third kappa shape index (κ3) is 5.69. The standard InChI is InChI=1S/C7H14Br2O/c1-6(2)10-5-7(3-8)4-9/h6-7H,3-5H2,1-2H3. The third-order valence-corrected chi connectivity index (χ3v) is 2.93. The Bertz CT molecular complexity index is 72.0. The topological polar surface area (TPSA) is 9.23 Å². The maximum atomic E-state index is 5.43. The minimum Gasteiger partial charge on any atom is -0.378 e. The van der Waals surface area contributed by atoms with Crippen LogP contribution in [0.4, 0.5) is 0 Å². The molecule has 0 aromatic rings. The van der Waals surface area contributed by atoms with E-state index in [1.807, 2.05) is 0 Å². The van der Waals surface area contributed by atoms with Crippen LogP contribution in [0.25, 0.3) is 0 Å². The van der Waals surface area contributed by atoms with E-state index in [1.54, 1.807) is 0 Å². The molecule has 0 spiro atoms. The second kappa shape index (κ2) is 6.62. The average Bonchev–Trinajstić information content (AvgIpc) is 1.90. The van der Waals surface area contributed by atoms with Crippen LogP contribution < -0.4 is 0 Å². The van der Waals surface area contributed by atoms with Crippen LogP contribution in [-0.4, -0.2) is 23.4 Å². The Morgan fingerprint density at radius 3 is 2.00 bits per heavy atom. The van der Waals surface area contributed by atoms with E-state index in [-0.39, 0.29) is 0 Å². The largest absolute Gasteiger partial charge is 0.378 e. The van der Waals surface area contributed by atoms with Gasteiger partial charge in [-0.3, -0.25) is 0 Å². The van der Waals surface area contributed by atoms with E-state index in [4.69, 9.17) is 4.74 Å². The Hall–Kier alpha value is 0.920. The smallest absolute Gasteiger partial charge is 0.0519 e. The number of hydrogen-bond donors (Lipinski definition) is 0. The summed E-state index contributed by atoms with van der Waals surface area (Å²) in [6.07, 6.45) is 0.348. The highest BCUT2D eigenvalue weighted by Crippen LogP contribution is 2.06. The van der Waals surface area contributed by atoms with Gasteiger partial charge in [-0.2, -0.15) is 0 Å². The number of halogens is 2. The predicted molar refractivity (Wildman–Crippen MR) is 52.2 cm³/mol. The Labute approximate surface area is 79.8 Å². The first-order valence-corrected chi connectivity index (χ1v) is 5.68. The SMILES string of the molecule is CC(C)OCC(CBr)CBr. The molecule has 0 aliphatic heterocycles. The Balaban J connectivity index is 3.26. The lowest BCUT2D eigenvalue weighted by Gasteiger charge is -2.12. The molecule has 0 heterocycles. The normalized spacial score (nSPS) is 11.4. The van der Waals surface area contributed by atoms with Gasteiger partial charge in [0.25, 0.3) is 0 Å². The van der Waals surface area contributed by atoms with Crippen LogP contribution in [0.15, 0.2) is 0 Å². The van der Waals surface area contributed by atoms with Crippen LogP contribution in [0.5, 0.6) is 0 Å². The van der Waals surface area contributed by atoms with Crippen LogP contribution in [0.1, 0.15) is 13.8 Å². The van der Waals surface area contributed by atoms with E-state index in [2.05, 4.69) is 45.7 Å². The van der Waals surface area contributed by atoms with E-state index in [0.29, 0.717) is 12.0 Å². The summed E-state index contributed by atoms with van der Waals surface area (Å²) in [6, 6.07) is 0. The highest BCUT2D eigenvalue weighted by atomic mass is 79.9. The highest BCUT2D eigenvalue weighted by Gasteiger charge is 2.05. The molecule has 0 saturated heterocycles. The van der Waals surface area contributed by atoms with Crippen molar-refractivity contribution in [1.29, 1.82) is 0 Å². The van der Waals surface area contributed by atoms with E-state index in [0.717, 1.165) is 17.3 Å². The molecule has 3 heteroatoms. The van der Waals surface area contributed by atoms with Crippen LogP contribution in [0.2, 0.25) is 0 Å². The molecule has 0 fully saturated rings. The van der Waals surface area contributed by atoms with Gasteiger partial charge in [-0.15, -0.1) is 0 Å². The summed E-state index contributed by atoms with van der Waals surface area (Å²) in [4.78, 5) is 0. The monoisotopic (exact) mass is 272 g/mol. The number of alkyl halides is 2. The van der Waals surface area contributed by atoms with Gasteiger partial charge < -0.3 is 4.74 Å². The van der Waals surface area contributed by atoms with Crippen molar-refractivity contribution < 1.29 is 4.74 Å². The summed E-state index contributed by atoms with van der Waals surface area (Å²) in [7, 11) is 0. The van der Waals surface area contributed by atoms with Crippen LogP contribution in [-0.2, 0) is 4.74 Å². The van der Waals surface area contributed by atoms with Crippen molar-refractivity contribution >= 4 is 31.9 Å². The number of ether oxygens (including phenoxy) is 1. The van der Waals surface area contributed by atoms with Crippen molar-refractivity contribution in [2.75, 3.05) is 17.3 Å². The van der Waals surface area contributed by atoms with Crippen LogP contribution in [0, 0.1) is 5.92 Å². The molecule has 0 amide bonds. The fraction of sp³-hybridized carbons (Fsp3) is 1.00. The second-order valence-electron chi connectivity index (χ2n) is 2.56. The van der Waals surface area contributed by atoms with Gasteiger partial charge in [0.15, 0.2) is 0 Å². The van der Waals surface area contributed by atoms with E-state index in [9.17, 15) is 0 Å². The predicted octanol–water partition coefficient (Wildman–Crippen LogP) is 2.82. The molecule has 0 aromatic carbocycles. The van der Waals surface area contributed by atoms with Crippen molar-refractivity contribution in [1.82, 2.24) is 0 Å². The molecule has 0 bridgehead atoms. The van der Waals surface area contributed by atoms with Gasteiger partial charge >= 0.3 is 0 Å². The minimum absolute atomic E-state index is 0.348. The molecule has 0 radical (unpaired) electrons. The average molecular weight is 274 g/mol. The molecule has 0 unspecified atom stereocenters. The van der Waals surface area contributed by atoms with Gasteiger partial charge in [0.2, 0.25) is 0 Å². The van der Waals surface area contributed by atoms with E-state index < -0.39 is 0 Å². The van der Waals surface area contributed by atoms with E-state index in [1.165, 1.54) is 0 Å². The van der Waals surface area contributed by atoms with Gasteiger partial charge in [0, 0.05) is 16.6 Å². The quantitative estimate of drug-likeness (QED) is 0.700. The lowest BCUT2D eigenvalue weighted by atomic mass is 10.2. The molecule has 10 heavy (non-hydrogen) atoms. The first-order valence-electron chi connectivity index (χ1n) is 3.44. The zero-order valence-corrected chi connectivity index (χ0v) is 9.61. The summed E-state index contributed by atoms with van der Waals surface area (Å²) in [5.74, 6) is 0.599. The maximum absolute atomic E-state index is 5.43. The molecule has 0 aromatic heterocycles. The third-order valence-electron chi connectivity index (χ3n) is 1.10. The highest BCUT2D eigenvalue weighted by molar-refractivity contribution is 9.09. The van der Waals surface area contributed by atoms with Crippen molar-refractivity contribution in [2.45, 2.75) is 20.0 Å². The van der Waals surface area contributed by atoms with Gasteiger partial charge in [-0.1, -0.05) is 31.9 Å². The second-order valence-corrected chi connectivity index (χ2v) is 3.85. The number of rotatable bonds is 5. The molecule has 1 nitrogen and oxygen atoms in total. The Morgan fingerprint density at radius 2 is 1.70 bits per heavy atom. The molecular formula is C7H14Br2O. The molecule has 0 N–H and O–H groups in total. The maximum Gasteiger partial charge on any atom is 0.0519 e. The lowest BCUT2D eigenvalue weighted by molar-refractivity contribution is 0.0616. The molecule has 62 valence electrons. The van der Waals surface area contributed by atoms with Gasteiger partial charge in [0.1, 0.15) is 0 Å². The van der Waals surface area contributed by atoms with Gasteiger partial charge in [0.05, 0.1) is 12.7 Å². The summed E-state index contributed by atoms with van der Waals surface area (Å²) in [5, 5.41) is 2.01. The number of hydrogen-bond acceptors (Lipinski definition) is 1. The zero-order chi connectivity index (χ0) is 7.98. The summed E-state index contributed by atoms with van der Waals surface area (Å²) < 4.78 is 5.43. The first kappa shape index (κ1) is 10.9. The minimum atomic E-state index is 0.348.